The maximum absolute atomic E-state index is 12.5. The van der Waals surface area contributed by atoms with Crippen LogP contribution in [0.25, 0.3) is 0 Å². The molecule has 1 N–H and O–H groups in total. The van der Waals surface area contributed by atoms with Gasteiger partial charge in [0.15, 0.2) is 0 Å². The van der Waals surface area contributed by atoms with Gasteiger partial charge in [0.2, 0.25) is 0 Å². The van der Waals surface area contributed by atoms with Gasteiger partial charge in [-0.15, -0.1) is 0 Å². The number of esters is 1. The smallest absolute Gasteiger partial charge is 0.330 e. The van der Waals surface area contributed by atoms with E-state index in [9.17, 15) is 4.79 Å². The Balaban J connectivity index is 2.89. The maximum Gasteiger partial charge on any atom is 0.330 e. The number of carbonyl (C=O) groups is 1. The van der Waals surface area contributed by atoms with Gasteiger partial charge in [-0.1, -0.05) is 50.6 Å². The number of unbranched alkanes of at least 4 members (excludes halogenated alkanes) is 1. The molecular formula is C17H27NO2S. The van der Waals surface area contributed by atoms with Crippen molar-refractivity contribution >= 4 is 17.7 Å². The lowest BCUT2D eigenvalue weighted by molar-refractivity contribution is -0.149. The van der Waals surface area contributed by atoms with Crippen molar-refractivity contribution < 1.29 is 9.53 Å². The molecule has 0 aliphatic rings. The third kappa shape index (κ3) is 5.04. The minimum Gasteiger partial charge on any atom is -0.467 e. The minimum absolute atomic E-state index is 0.202. The second kappa shape index (κ2) is 9.85. The van der Waals surface area contributed by atoms with E-state index < -0.39 is 5.54 Å². The van der Waals surface area contributed by atoms with Crippen LogP contribution in [0.2, 0.25) is 0 Å². The summed E-state index contributed by atoms with van der Waals surface area (Å²) in [4.78, 5) is 12.5. The first kappa shape index (κ1) is 18.1. The second-order valence-corrected chi connectivity index (χ2v) is 6.23. The fourth-order valence-corrected chi connectivity index (χ4v) is 3.55. The number of methoxy groups -OCH3 is 1. The number of ether oxygens (including phenoxy) is 1. The number of hydrogen-bond donors (Lipinski definition) is 1. The Labute approximate surface area is 132 Å². The average molecular weight is 309 g/mol. The summed E-state index contributed by atoms with van der Waals surface area (Å²) in [5.74, 6) is 1.89. The largest absolute Gasteiger partial charge is 0.467 e. The molecule has 1 unspecified atom stereocenters. The van der Waals surface area contributed by atoms with Gasteiger partial charge in [-0.05, 0) is 36.5 Å². The SMILES string of the molecule is CCCCSCCC(NCC)(C(=O)OC)c1ccccc1. The fraction of sp³-hybridized carbons (Fsp3) is 0.588. The summed E-state index contributed by atoms with van der Waals surface area (Å²) in [5, 5.41) is 3.37. The van der Waals surface area contributed by atoms with Crippen molar-refractivity contribution in [2.24, 2.45) is 0 Å². The summed E-state index contributed by atoms with van der Waals surface area (Å²) < 4.78 is 5.09. The quantitative estimate of drug-likeness (QED) is 0.529. The first-order chi connectivity index (χ1) is 10.2. The van der Waals surface area contributed by atoms with Gasteiger partial charge in [0.25, 0.3) is 0 Å². The predicted molar refractivity (Wildman–Crippen MR) is 90.7 cm³/mol. The number of nitrogens with one attached hydrogen (secondary N) is 1. The molecule has 0 spiro atoms. The molecule has 1 aromatic rings. The first-order valence-electron chi connectivity index (χ1n) is 7.68. The lowest BCUT2D eigenvalue weighted by atomic mass is 9.87. The van der Waals surface area contributed by atoms with Crippen molar-refractivity contribution in [1.82, 2.24) is 5.32 Å². The zero-order chi connectivity index (χ0) is 15.6. The average Bonchev–Trinajstić information content (AvgIpc) is 2.53. The highest BCUT2D eigenvalue weighted by molar-refractivity contribution is 7.99. The highest BCUT2D eigenvalue weighted by Gasteiger charge is 2.40. The van der Waals surface area contributed by atoms with E-state index in [1.165, 1.54) is 20.0 Å². The molecule has 0 heterocycles. The molecule has 0 aromatic heterocycles. The van der Waals surface area contributed by atoms with Crippen molar-refractivity contribution in [1.29, 1.82) is 0 Å². The van der Waals surface area contributed by atoms with Crippen LogP contribution in [0.5, 0.6) is 0 Å². The molecule has 0 aliphatic heterocycles. The van der Waals surface area contributed by atoms with E-state index >= 15 is 0 Å². The molecule has 0 fully saturated rings. The van der Waals surface area contributed by atoms with E-state index in [-0.39, 0.29) is 5.97 Å². The third-order valence-electron chi connectivity index (χ3n) is 3.54. The number of benzene rings is 1. The molecule has 0 amide bonds. The van der Waals surface area contributed by atoms with Crippen molar-refractivity contribution in [2.75, 3.05) is 25.2 Å². The zero-order valence-corrected chi connectivity index (χ0v) is 14.2. The van der Waals surface area contributed by atoms with E-state index in [1.807, 2.05) is 49.0 Å². The highest BCUT2D eigenvalue weighted by Crippen LogP contribution is 2.28. The van der Waals surface area contributed by atoms with Gasteiger partial charge in [-0.2, -0.15) is 11.8 Å². The summed E-state index contributed by atoms with van der Waals surface area (Å²) in [6.07, 6.45) is 3.18. The third-order valence-corrected chi connectivity index (χ3v) is 4.61. The molecule has 0 bridgehead atoms. The summed E-state index contributed by atoms with van der Waals surface area (Å²) in [6, 6.07) is 9.89. The van der Waals surface area contributed by atoms with Crippen molar-refractivity contribution in [2.45, 2.75) is 38.6 Å². The van der Waals surface area contributed by atoms with Gasteiger partial charge in [0.05, 0.1) is 7.11 Å². The topological polar surface area (TPSA) is 38.3 Å². The monoisotopic (exact) mass is 309 g/mol. The Morgan fingerprint density at radius 1 is 1.24 bits per heavy atom. The van der Waals surface area contributed by atoms with Gasteiger partial charge in [0.1, 0.15) is 5.54 Å². The number of carbonyl (C=O) groups excluding carboxylic acids is 1. The number of hydrogen-bond acceptors (Lipinski definition) is 4. The van der Waals surface area contributed by atoms with Crippen LogP contribution in [0.4, 0.5) is 0 Å². The van der Waals surface area contributed by atoms with E-state index in [1.54, 1.807) is 0 Å². The van der Waals surface area contributed by atoms with Gasteiger partial charge < -0.3 is 4.74 Å². The zero-order valence-electron chi connectivity index (χ0n) is 13.4. The minimum atomic E-state index is -0.732. The lowest BCUT2D eigenvalue weighted by Gasteiger charge is -2.32. The molecular weight excluding hydrogens is 282 g/mol. The van der Waals surface area contributed by atoms with Gasteiger partial charge in [-0.3, -0.25) is 5.32 Å². The summed E-state index contributed by atoms with van der Waals surface area (Å²) in [5.41, 5.74) is 0.249. The molecule has 0 saturated carbocycles. The molecule has 21 heavy (non-hydrogen) atoms. The summed E-state index contributed by atoms with van der Waals surface area (Å²) >= 11 is 1.91. The second-order valence-electron chi connectivity index (χ2n) is 5.01. The number of thioether (sulfide) groups is 1. The van der Waals surface area contributed by atoms with E-state index in [0.717, 1.165) is 30.0 Å². The highest BCUT2D eigenvalue weighted by atomic mass is 32.2. The van der Waals surface area contributed by atoms with Crippen molar-refractivity contribution in [3.8, 4) is 0 Å². The van der Waals surface area contributed by atoms with Crippen LogP contribution < -0.4 is 5.32 Å². The van der Waals surface area contributed by atoms with Crippen LogP contribution in [0.15, 0.2) is 30.3 Å². The normalized spacial score (nSPS) is 13.7. The van der Waals surface area contributed by atoms with E-state index in [0.29, 0.717) is 0 Å². The Morgan fingerprint density at radius 2 is 1.95 bits per heavy atom. The fourth-order valence-electron chi connectivity index (χ4n) is 2.40. The molecule has 3 nitrogen and oxygen atoms in total. The molecule has 0 aliphatic carbocycles. The first-order valence-corrected chi connectivity index (χ1v) is 8.83. The standard InChI is InChI=1S/C17H27NO2S/c1-4-6-13-21-14-12-17(18-5-2,16(19)20-3)15-10-8-7-9-11-15/h7-11,18H,4-6,12-14H2,1-3H3. The van der Waals surface area contributed by atoms with Crippen LogP contribution in [-0.2, 0) is 15.1 Å². The Hall–Kier alpha value is -1.00. The van der Waals surface area contributed by atoms with E-state index in [2.05, 4.69) is 12.2 Å². The Bertz CT molecular complexity index is 411. The Kier molecular flexibility index (Phi) is 8.47. The molecule has 0 radical (unpaired) electrons. The lowest BCUT2D eigenvalue weighted by Crippen LogP contribution is -2.50. The van der Waals surface area contributed by atoms with Crippen LogP contribution in [0.3, 0.4) is 0 Å². The molecule has 1 aromatic carbocycles. The number of likely N-dealkylation sites (N-methyl/N-ethyl adjacent to an activating group) is 1. The molecule has 0 saturated heterocycles. The Morgan fingerprint density at radius 3 is 2.52 bits per heavy atom. The summed E-state index contributed by atoms with van der Waals surface area (Å²) in [6.45, 7) is 4.94. The van der Waals surface area contributed by atoms with E-state index in [4.69, 9.17) is 4.74 Å². The maximum atomic E-state index is 12.5. The molecule has 1 atom stereocenters. The van der Waals surface area contributed by atoms with Crippen LogP contribution >= 0.6 is 11.8 Å². The summed E-state index contributed by atoms with van der Waals surface area (Å²) in [7, 11) is 1.46. The van der Waals surface area contributed by atoms with Gasteiger partial charge in [0, 0.05) is 0 Å². The van der Waals surface area contributed by atoms with Gasteiger partial charge >= 0.3 is 5.97 Å². The van der Waals surface area contributed by atoms with Gasteiger partial charge in [-0.25, -0.2) is 4.79 Å². The van der Waals surface area contributed by atoms with Crippen molar-refractivity contribution in [3.63, 3.8) is 0 Å². The van der Waals surface area contributed by atoms with Crippen LogP contribution in [0.1, 0.15) is 38.7 Å². The van der Waals surface area contributed by atoms with Crippen molar-refractivity contribution in [3.05, 3.63) is 35.9 Å². The molecule has 1 rings (SSSR count). The molecule has 4 heteroatoms. The molecule has 118 valence electrons. The number of rotatable bonds is 10. The predicted octanol–water partition coefficient (Wildman–Crippen LogP) is 3.59. The van der Waals surface area contributed by atoms with Crippen LogP contribution in [0, 0.1) is 0 Å². The van der Waals surface area contributed by atoms with Crippen LogP contribution in [-0.4, -0.2) is 31.1 Å².